The molecule has 0 fully saturated rings. The van der Waals surface area contributed by atoms with Crippen LogP contribution in [0, 0.1) is 18.6 Å². The Labute approximate surface area is 105 Å². The number of nitrogens with zero attached hydrogens (tertiary/aromatic N) is 1. The molecule has 1 heterocycles. The number of hydrogen-bond donors (Lipinski definition) is 2. The van der Waals surface area contributed by atoms with Crippen LogP contribution in [0.15, 0.2) is 18.2 Å². The average molecular weight is 270 g/mol. The second kappa shape index (κ2) is 4.69. The first-order valence-electron chi connectivity index (χ1n) is 4.90. The summed E-state index contributed by atoms with van der Waals surface area (Å²) >= 11 is 1.06. The molecular formula is C11H8F2N2O2S. The van der Waals surface area contributed by atoms with E-state index in [1.165, 1.54) is 0 Å². The van der Waals surface area contributed by atoms with Gasteiger partial charge in [-0.25, -0.2) is 18.6 Å². The van der Waals surface area contributed by atoms with Gasteiger partial charge in [0, 0.05) is 10.9 Å². The van der Waals surface area contributed by atoms with E-state index in [0.717, 1.165) is 29.5 Å². The number of carbonyl (C=O) groups is 1. The Morgan fingerprint density at radius 2 is 2.17 bits per heavy atom. The zero-order valence-electron chi connectivity index (χ0n) is 9.20. The van der Waals surface area contributed by atoms with Crippen LogP contribution >= 0.6 is 11.3 Å². The first-order valence-corrected chi connectivity index (χ1v) is 5.72. The first kappa shape index (κ1) is 12.4. The van der Waals surface area contributed by atoms with Crippen molar-refractivity contribution >= 4 is 28.1 Å². The SMILES string of the molecule is Cc1sc(Nc2cc(F)ccc2F)nc1C(=O)O. The number of rotatable bonds is 3. The summed E-state index contributed by atoms with van der Waals surface area (Å²) in [5.74, 6) is -2.39. The van der Waals surface area contributed by atoms with Crippen molar-refractivity contribution in [1.29, 1.82) is 0 Å². The first-order chi connectivity index (χ1) is 8.47. The minimum atomic E-state index is -1.16. The maximum atomic E-state index is 13.4. The molecule has 0 aliphatic rings. The highest BCUT2D eigenvalue weighted by molar-refractivity contribution is 7.15. The molecule has 4 nitrogen and oxygen atoms in total. The number of carboxylic acid groups (broad SMARTS) is 1. The molecule has 18 heavy (non-hydrogen) atoms. The van der Waals surface area contributed by atoms with E-state index in [-0.39, 0.29) is 16.5 Å². The fraction of sp³-hybridized carbons (Fsp3) is 0.0909. The fourth-order valence-corrected chi connectivity index (χ4v) is 2.17. The lowest BCUT2D eigenvalue weighted by molar-refractivity contribution is 0.0690. The van der Waals surface area contributed by atoms with Gasteiger partial charge in [0.15, 0.2) is 10.8 Å². The van der Waals surface area contributed by atoms with Gasteiger partial charge in [0.1, 0.15) is 11.6 Å². The van der Waals surface area contributed by atoms with E-state index in [9.17, 15) is 13.6 Å². The van der Waals surface area contributed by atoms with E-state index in [2.05, 4.69) is 10.3 Å². The zero-order valence-corrected chi connectivity index (χ0v) is 10.0. The summed E-state index contributed by atoms with van der Waals surface area (Å²) < 4.78 is 26.3. The summed E-state index contributed by atoms with van der Waals surface area (Å²) in [6.07, 6.45) is 0. The largest absolute Gasteiger partial charge is 0.476 e. The topological polar surface area (TPSA) is 62.2 Å². The number of benzene rings is 1. The number of carboxylic acids is 1. The monoisotopic (exact) mass is 270 g/mol. The van der Waals surface area contributed by atoms with Gasteiger partial charge >= 0.3 is 5.97 Å². The summed E-state index contributed by atoms with van der Waals surface area (Å²) in [5.41, 5.74) is -0.181. The number of thiazole rings is 1. The van der Waals surface area contributed by atoms with Crippen molar-refractivity contribution in [1.82, 2.24) is 4.98 Å². The van der Waals surface area contributed by atoms with Gasteiger partial charge in [0.2, 0.25) is 0 Å². The van der Waals surface area contributed by atoms with E-state index >= 15 is 0 Å². The van der Waals surface area contributed by atoms with Crippen LogP contribution in [0.3, 0.4) is 0 Å². The molecule has 2 aromatic rings. The summed E-state index contributed by atoms with van der Waals surface area (Å²) in [6.45, 7) is 1.59. The Hall–Kier alpha value is -2.02. The van der Waals surface area contributed by atoms with Gasteiger partial charge in [-0.1, -0.05) is 0 Å². The van der Waals surface area contributed by atoms with E-state index in [1.54, 1.807) is 6.92 Å². The van der Waals surface area contributed by atoms with Crippen molar-refractivity contribution in [2.24, 2.45) is 0 Å². The van der Waals surface area contributed by atoms with Crippen molar-refractivity contribution in [3.8, 4) is 0 Å². The lowest BCUT2D eigenvalue weighted by atomic mass is 10.3. The van der Waals surface area contributed by atoms with Crippen molar-refractivity contribution in [3.63, 3.8) is 0 Å². The third kappa shape index (κ3) is 2.45. The third-order valence-corrected chi connectivity index (χ3v) is 3.06. The molecule has 0 unspecified atom stereocenters. The Balaban J connectivity index is 2.31. The van der Waals surface area contributed by atoms with Crippen molar-refractivity contribution < 1.29 is 18.7 Å². The highest BCUT2D eigenvalue weighted by Crippen LogP contribution is 2.27. The number of halogens is 2. The minimum absolute atomic E-state index is 0.0827. The molecule has 0 saturated carbocycles. The van der Waals surface area contributed by atoms with E-state index in [1.807, 2.05) is 0 Å². The molecule has 7 heteroatoms. The number of hydrogen-bond acceptors (Lipinski definition) is 4. The minimum Gasteiger partial charge on any atom is -0.476 e. The van der Waals surface area contributed by atoms with Crippen LogP contribution in [0.1, 0.15) is 15.4 Å². The maximum Gasteiger partial charge on any atom is 0.355 e. The van der Waals surface area contributed by atoms with Crippen LogP contribution in [-0.4, -0.2) is 16.1 Å². The van der Waals surface area contributed by atoms with Crippen LogP contribution in [0.25, 0.3) is 0 Å². The van der Waals surface area contributed by atoms with Crippen LogP contribution in [-0.2, 0) is 0 Å². The Bertz CT molecular complexity index is 613. The number of aromatic nitrogens is 1. The second-order valence-electron chi connectivity index (χ2n) is 3.48. The summed E-state index contributed by atoms with van der Waals surface area (Å²) in [7, 11) is 0. The van der Waals surface area contributed by atoms with E-state index in [0.29, 0.717) is 4.88 Å². The molecule has 94 valence electrons. The molecule has 0 spiro atoms. The van der Waals surface area contributed by atoms with Gasteiger partial charge in [-0.2, -0.15) is 0 Å². The van der Waals surface area contributed by atoms with Gasteiger partial charge in [-0.15, -0.1) is 11.3 Å². The summed E-state index contributed by atoms with van der Waals surface area (Å²) in [6, 6.07) is 2.96. The predicted octanol–water partition coefficient (Wildman–Crippen LogP) is 3.17. The molecule has 2 N–H and O–H groups in total. The quantitative estimate of drug-likeness (QED) is 0.899. The molecule has 0 bridgehead atoms. The van der Waals surface area contributed by atoms with Crippen LogP contribution in [0.5, 0.6) is 0 Å². The molecule has 0 radical (unpaired) electrons. The second-order valence-corrected chi connectivity index (χ2v) is 4.68. The van der Waals surface area contributed by atoms with Gasteiger partial charge in [-0.05, 0) is 19.1 Å². The number of anilines is 2. The molecule has 0 saturated heterocycles. The van der Waals surface area contributed by atoms with E-state index < -0.39 is 17.6 Å². The predicted molar refractivity (Wildman–Crippen MR) is 63.5 cm³/mol. The van der Waals surface area contributed by atoms with Crippen LogP contribution in [0.4, 0.5) is 19.6 Å². The van der Waals surface area contributed by atoms with E-state index in [4.69, 9.17) is 5.11 Å². The molecular weight excluding hydrogens is 262 g/mol. The number of aryl methyl sites for hydroxylation is 1. The molecule has 0 atom stereocenters. The summed E-state index contributed by atoms with van der Waals surface area (Å²) in [5, 5.41) is 11.6. The lowest BCUT2D eigenvalue weighted by Crippen LogP contribution is -1.99. The summed E-state index contributed by atoms with van der Waals surface area (Å²) in [4.78, 5) is 15.1. The van der Waals surface area contributed by atoms with Gasteiger partial charge in [-0.3, -0.25) is 0 Å². The van der Waals surface area contributed by atoms with Gasteiger partial charge in [0.25, 0.3) is 0 Å². The normalized spacial score (nSPS) is 10.4. The smallest absolute Gasteiger partial charge is 0.355 e. The van der Waals surface area contributed by atoms with Crippen LogP contribution < -0.4 is 5.32 Å². The Morgan fingerprint density at radius 3 is 2.78 bits per heavy atom. The fourth-order valence-electron chi connectivity index (χ4n) is 1.36. The Kier molecular flexibility index (Phi) is 3.24. The zero-order chi connectivity index (χ0) is 13.3. The maximum absolute atomic E-state index is 13.4. The van der Waals surface area contributed by atoms with Crippen molar-refractivity contribution in [2.45, 2.75) is 6.92 Å². The number of aromatic carboxylic acids is 1. The highest BCUT2D eigenvalue weighted by Gasteiger charge is 2.15. The van der Waals surface area contributed by atoms with Crippen molar-refractivity contribution in [3.05, 3.63) is 40.4 Å². The molecule has 1 aromatic heterocycles. The standard InChI is InChI=1S/C11H8F2N2O2S/c1-5-9(10(16)17)15-11(18-5)14-8-4-6(12)2-3-7(8)13/h2-4H,1H3,(H,14,15)(H,16,17). The number of nitrogens with one attached hydrogen (secondary N) is 1. The highest BCUT2D eigenvalue weighted by atomic mass is 32.1. The Morgan fingerprint density at radius 1 is 1.44 bits per heavy atom. The molecule has 0 amide bonds. The van der Waals surface area contributed by atoms with Crippen LogP contribution in [0.2, 0.25) is 0 Å². The lowest BCUT2D eigenvalue weighted by Gasteiger charge is -2.03. The van der Waals surface area contributed by atoms with Gasteiger partial charge in [0.05, 0.1) is 5.69 Å². The third-order valence-electron chi connectivity index (χ3n) is 2.17. The molecule has 2 rings (SSSR count). The molecule has 0 aliphatic heterocycles. The molecule has 1 aromatic carbocycles. The van der Waals surface area contributed by atoms with Crippen molar-refractivity contribution in [2.75, 3.05) is 5.32 Å². The average Bonchev–Trinajstić information content (AvgIpc) is 2.65. The van der Waals surface area contributed by atoms with Gasteiger partial charge < -0.3 is 10.4 Å². The molecule has 0 aliphatic carbocycles.